The molecule has 1 heterocycles. The monoisotopic (exact) mass is 413 g/mol. The largest absolute Gasteiger partial charge is 0.446 e. The van der Waals surface area contributed by atoms with Gasteiger partial charge < -0.3 is 4.74 Å². The zero-order valence-corrected chi connectivity index (χ0v) is 17.5. The smallest absolute Gasteiger partial charge is 0.421 e. The lowest BCUT2D eigenvalue weighted by Gasteiger charge is -2.11. The number of sulfonamides is 1. The molecule has 152 valence electrons. The van der Waals surface area contributed by atoms with E-state index in [4.69, 9.17) is 4.74 Å². The van der Waals surface area contributed by atoms with E-state index in [2.05, 4.69) is 5.10 Å². The molecule has 0 aliphatic carbocycles. The number of rotatable bonds is 5. The number of amides is 1. The maximum atomic E-state index is 12.4. The normalized spacial score (nSPS) is 11.5. The van der Waals surface area contributed by atoms with Crippen LogP contribution in [0.5, 0.6) is 0 Å². The summed E-state index contributed by atoms with van der Waals surface area (Å²) in [6.07, 6.45) is -1.43. The van der Waals surface area contributed by atoms with E-state index in [0.29, 0.717) is 5.69 Å². The zero-order chi connectivity index (χ0) is 21.2. The molecule has 3 aromatic rings. The van der Waals surface area contributed by atoms with Crippen LogP contribution in [0.4, 0.5) is 4.79 Å². The lowest BCUT2D eigenvalue weighted by molar-refractivity contribution is 0.121. The van der Waals surface area contributed by atoms with Crippen LogP contribution in [0.3, 0.4) is 0 Å². The van der Waals surface area contributed by atoms with Crippen LogP contribution in [0.1, 0.15) is 25.1 Å². The molecule has 0 spiro atoms. The molecule has 0 aliphatic heterocycles. The summed E-state index contributed by atoms with van der Waals surface area (Å²) in [5.74, 6) is 0. The number of carbonyl (C=O) groups excluding carboxylic acids is 1. The maximum Gasteiger partial charge on any atom is 0.421 e. The van der Waals surface area contributed by atoms with Crippen molar-refractivity contribution in [2.75, 3.05) is 0 Å². The predicted octanol–water partition coefficient (Wildman–Crippen LogP) is 3.98. The highest BCUT2D eigenvalue weighted by molar-refractivity contribution is 7.90. The van der Waals surface area contributed by atoms with E-state index in [1.807, 2.05) is 48.9 Å². The van der Waals surface area contributed by atoms with E-state index in [0.717, 1.165) is 22.5 Å². The van der Waals surface area contributed by atoms with E-state index >= 15 is 0 Å². The second-order valence-corrected chi connectivity index (χ2v) is 8.68. The third-order valence-corrected chi connectivity index (χ3v) is 5.46. The van der Waals surface area contributed by atoms with Gasteiger partial charge in [-0.3, -0.25) is 0 Å². The summed E-state index contributed by atoms with van der Waals surface area (Å²) in [5, 5.41) is 4.53. The minimum absolute atomic E-state index is 0.0391. The maximum absolute atomic E-state index is 12.4. The highest BCUT2D eigenvalue weighted by Gasteiger charge is 2.19. The summed E-state index contributed by atoms with van der Waals surface area (Å²) in [4.78, 5) is 11.6. The predicted molar refractivity (Wildman–Crippen MR) is 110 cm³/mol. The Morgan fingerprint density at radius 3 is 2.24 bits per heavy atom. The number of carbonyl (C=O) groups is 1. The van der Waals surface area contributed by atoms with Crippen molar-refractivity contribution in [3.05, 3.63) is 65.9 Å². The van der Waals surface area contributed by atoms with E-state index in [-0.39, 0.29) is 4.90 Å². The number of ether oxygens (including phenoxy) is 1. The van der Waals surface area contributed by atoms with Crippen LogP contribution in [0.25, 0.3) is 16.9 Å². The van der Waals surface area contributed by atoms with Gasteiger partial charge in [-0.1, -0.05) is 29.8 Å². The molecular weight excluding hydrogens is 390 g/mol. The van der Waals surface area contributed by atoms with Gasteiger partial charge in [-0.25, -0.2) is 22.6 Å². The van der Waals surface area contributed by atoms with E-state index in [9.17, 15) is 13.2 Å². The fourth-order valence-corrected chi connectivity index (χ4v) is 3.68. The van der Waals surface area contributed by atoms with E-state index in [1.165, 1.54) is 12.1 Å². The molecule has 0 saturated heterocycles. The van der Waals surface area contributed by atoms with Gasteiger partial charge in [0.15, 0.2) is 0 Å². The van der Waals surface area contributed by atoms with Gasteiger partial charge in [0.2, 0.25) is 0 Å². The molecular formula is C21H23N3O4S. The first-order valence-corrected chi connectivity index (χ1v) is 10.6. The van der Waals surface area contributed by atoms with Crippen molar-refractivity contribution >= 4 is 16.1 Å². The van der Waals surface area contributed by atoms with Gasteiger partial charge in [0, 0.05) is 5.56 Å². The molecule has 0 atom stereocenters. The van der Waals surface area contributed by atoms with Gasteiger partial charge in [0.1, 0.15) is 0 Å². The Balaban J connectivity index is 1.90. The van der Waals surface area contributed by atoms with Crippen LogP contribution in [0.15, 0.2) is 59.5 Å². The van der Waals surface area contributed by atoms with Crippen LogP contribution in [-0.2, 0) is 14.8 Å². The van der Waals surface area contributed by atoms with Gasteiger partial charge in [0.05, 0.1) is 28.1 Å². The fraction of sp³-hybridized carbons (Fsp3) is 0.238. The summed E-state index contributed by atoms with van der Waals surface area (Å²) < 4.78 is 33.2. The van der Waals surface area contributed by atoms with Crippen molar-refractivity contribution in [2.24, 2.45) is 0 Å². The molecule has 0 bridgehead atoms. The van der Waals surface area contributed by atoms with Crippen molar-refractivity contribution in [1.29, 1.82) is 0 Å². The number of aromatic nitrogens is 2. The minimum Gasteiger partial charge on any atom is -0.446 e. The summed E-state index contributed by atoms with van der Waals surface area (Å²) in [5.41, 5.74) is 4.62. The topological polar surface area (TPSA) is 90.3 Å². The second-order valence-electron chi connectivity index (χ2n) is 7.00. The Labute approximate surface area is 170 Å². The number of aryl methyl sites for hydroxylation is 2. The number of hydrogen-bond donors (Lipinski definition) is 1. The van der Waals surface area contributed by atoms with Crippen molar-refractivity contribution in [1.82, 2.24) is 14.5 Å². The SMILES string of the molecule is Cc1ccc(-c2cc(C)nn2-c2ccc(S(=O)(=O)NC(=O)OC(C)C)cc2)cc1. The number of hydrogen-bond acceptors (Lipinski definition) is 5. The van der Waals surface area contributed by atoms with Crippen molar-refractivity contribution in [2.45, 2.75) is 38.7 Å². The van der Waals surface area contributed by atoms with Crippen molar-refractivity contribution in [3.8, 4) is 16.9 Å². The molecule has 0 fully saturated rings. The number of benzene rings is 2. The molecule has 1 amide bonds. The fourth-order valence-electron chi connectivity index (χ4n) is 2.80. The molecule has 7 nitrogen and oxygen atoms in total. The van der Waals surface area contributed by atoms with Crippen LogP contribution in [0.2, 0.25) is 0 Å². The third kappa shape index (κ3) is 4.83. The zero-order valence-electron chi connectivity index (χ0n) is 16.7. The Morgan fingerprint density at radius 2 is 1.66 bits per heavy atom. The Hall–Kier alpha value is -3.13. The molecule has 2 aromatic carbocycles. The Morgan fingerprint density at radius 1 is 1.03 bits per heavy atom. The van der Waals surface area contributed by atoms with Crippen LogP contribution in [-0.4, -0.2) is 30.4 Å². The summed E-state index contributed by atoms with van der Waals surface area (Å²) in [6, 6.07) is 16.2. The van der Waals surface area contributed by atoms with Crippen LogP contribution >= 0.6 is 0 Å². The Bertz CT molecular complexity index is 1120. The minimum atomic E-state index is -4.02. The molecule has 0 unspecified atom stereocenters. The third-order valence-electron chi connectivity index (χ3n) is 4.13. The molecule has 3 rings (SSSR count). The van der Waals surface area contributed by atoms with Gasteiger partial charge >= 0.3 is 6.09 Å². The van der Waals surface area contributed by atoms with Gasteiger partial charge in [0.25, 0.3) is 10.0 Å². The second kappa shape index (κ2) is 8.08. The lowest BCUT2D eigenvalue weighted by atomic mass is 10.1. The molecule has 8 heteroatoms. The van der Waals surface area contributed by atoms with Crippen molar-refractivity contribution < 1.29 is 17.9 Å². The quantitative estimate of drug-likeness (QED) is 0.683. The first kappa shape index (κ1) is 20.6. The Kier molecular flexibility index (Phi) is 5.74. The molecule has 0 radical (unpaired) electrons. The van der Waals surface area contributed by atoms with E-state index < -0.39 is 22.2 Å². The highest BCUT2D eigenvalue weighted by atomic mass is 32.2. The van der Waals surface area contributed by atoms with Crippen LogP contribution < -0.4 is 4.72 Å². The molecule has 29 heavy (non-hydrogen) atoms. The molecule has 1 aromatic heterocycles. The number of nitrogens with one attached hydrogen (secondary N) is 1. The van der Waals surface area contributed by atoms with Gasteiger partial charge in [-0.05, 0) is 58.0 Å². The summed E-state index contributed by atoms with van der Waals surface area (Å²) >= 11 is 0. The lowest BCUT2D eigenvalue weighted by Crippen LogP contribution is -2.32. The average molecular weight is 413 g/mol. The van der Waals surface area contributed by atoms with Crippen LogP contribution in [0, 0.1) is 13.8 Å². The van der Waals surface area contributed by atoms with Crippen molar-refractivity contribution in [3.63, 3.8) is 0 Å². The molecule has 1 N–H and O–H groups in total. The first-order valence-electron chi connectivity index (χ1n) is 9.13. The van der Waals surface area contributed by atoms with E-state index in [1.54, 1.807) is 30.7 Å². The van der Waals surface area contributed by atoms with Gasteiger partial charge in [-0.15, -0.1) is 0 Å². The highest BCUT2D eigenvalue weighted by Crippen LogP contribution is 2.25. The molecule has 0 saturated carbocycles. The average Bonchev–Trinajstić information content (AvgIpc) is 3.03. The summed E-state index contributed by atoms with van der Waals surface area (Å²) in [7, 11) is -4.02. The summed E-state index contributed by atoms with van der Waals surface area (Å²) in [6.45, 7) is 7.20. The van der Waals surface area contributed by atoms with Gasteiger partial charge in [-0.2, -0.15) is 5.10 Å². The molecule has 0 aliphatic rings. The first-order chi connectivity index (χ1) is 13.7. The number of nitrogens with zero attached hydrogens (tertiary/aromatic N) is 2. The standard InChI is InChI=1S/C21H23N3O4S/c1-14(2)28-21(25)23-29(26,27)19-11-9-18(10-12-19)24-20(13-16(4)22-24)17-7-5-15(3)6-8-17/h5-14H,1-4H3,(H,23,25).